The van der Waals surface area contributed by atoms with Gasteiger partial charge in [0.2, 0.25) is 5.91 Å². The van der Waals surface area contributed by atoms with Crippen molar-refractivity contribution >= 4 is 23.6 Å². The third kappa shape index (κ3) is 4.38. The highest BCUT2D eigenvalue weighted by Gasteiger charge is 2.16. The molecule has 1 rings (SSSR count). The van der Waals surface area contributed by atoms with Gasteiger partial charge in [0.25, 0.3) is 0 Å². The maximum Gasteiger partial charge on any atom is 0.328 e. The molecule has 108 valence electrons. The van der Waals surface area contributed by atoms with Crippen molar-refractivity contribution in [3.05, 3.63) is 35.7 Å². The van der Waals surface area contributed by atoms with Gasteiger partial charge in [0.15, 0.2) is 0 Å². The molecule has 20 heavy (non-hydrogen) atoms. The second-order valence-electron chi connectivity index (χ2n) is 4.57. The summed E-state index contributed by atoms with van der Waals surface area (Å²) in [6.45, 7) is 3.56. The van der Waals surface area contributed by atoms with E-state index in [2.05, 4.69) is 0 Å². The smallest absolute Gasteiger partial charge is 0.328 e. The number of carboxylic acid groups (broad SMARTS) is 1. The number of carbonyl (C=O) groups excluding carboxylic acids is 1. The molecule has 1 aromatic carbocycles. The van der Waals surface area contributed by atoms with Crippen LogP contribution in [0.4, 0.5) is 10.1 Å². The van der Waals surface area contributed by atoms with Gasteiger partial charge in [-0.3, -0.25) is 4.79 Å². The van der Waals surface area contributed by atoms with Crippen LogP contribution in [0.3, 0.4) is 0 Å². The second-order valence-corrected chi connectivity index (χ2v) is 4.57. The molecule has 0 unspecified atom stereocenters. The molecule has 0 fully saturated rings. The Morgan fingerprint density at radius 1 is 1.45 bits per heavy atom. The SMILES string of the molecule is CC(C)N(CC(N)=O)c1ccc(C=CC(=O)O)cc1F. The molecule has 0 saturated heterocycles. The van der Waals surface area contributed by atoms with Gasteiger partial charge in [0, 0.05) is 12.1 Å². The van der Waals surface area contributed by atoms with Gasteiger partial charge in [0.1, 0.15) is 5.82 Å². The van der Waals surface area contributed by atoms with E-state index in [1.54, 1.807) is 11.0 Å². The fraction of sp³-hybridized carbons (Fsp3) is 0.286. The predicted octanol–water partition coefficient (Wildman–Crippen LogP) is 1.62. The van der Waals surface area contributed by atoms with Gasteiger partial charge in [-0.15, -0.1) is 0 Å². The highest BCUT2D eigenvalue weighted by atomic mass is 19.1. The van der Waals surface area contributed by atoms with Crippen molar-refractivity contribution in [1.29, 1.82) is 0 Å². The monoisotopic (exact) mass is 280 g/mol. The fourth-order valence-corrected chi connectivity index (χ4v) is 1.74. The van der Waals surface area contributed by atoms with E-state index in [9.17, 15) is 14.0 Å². The van der Waals surface area contributed by atoms with Crippen molar-refractivity contribution in [1.82, 2.24) is 0 Å². The first-order valence-corrected chi connectivity index (χ1v) is 6.06. The van der Waals surface area contributed by atoms with E-state index in [1.807, 2.05) is 13.8 Å². The number of aliphatic carboxylic acids is 1. The first-order chi connectivity index (χ1) is 9.31. The lowest BCUT2D eigenvalue weighted by molar-refractivity contribution is -0.131. The molecular weight excluding hydrogens is 263 g/mol. The summed E-state index contributed by atoms with van der Waals surface area (Å²) in [6, 6.07) is 4.19. The van der Waals surface area contributed by atoms with E-state index in [-0.39, 0.29) is 18.3 Å². The third-order valence-electron chi connectivity index (χ3n) is 2.65. The first kappa shape index (κ1) is 15.7. The number of amides is 1. The Kier molecular flexibility index (Phi) is 5.25. The molecule has 5 nitrogen and oxygen atoms in total. The molecular formula is C14H17FN2O3. The van der Waals surface area contributed by atoms with E-state index < -0.39 is 17.7 Å². The summed E-state index contributed by atoms with van der Waals surface area (Å²) in [6.07, 6.45) is 2.22. The van der Waals surface area contributed by atoms with E-state index >= 15 is 0 Å². The van der Waals surface area contributed by atoms with E-state index in [1.165, 1.54) is 18.2 Å². The van der Waals surface area contributed by atoms with Crippen molar-refractivity contribution in [2.45, 2.75) is 19.9 Å². The minimum Gasteiger partial charge on any atom is -0.478 e. The molecule has 0 aliphatic rings. The molecule has 0 heterocycles. The molecule has 0 saturated carbocycles. The molecule has 0 spiro atoms. The molecule has 0 bridgehead atoms. The Morgan fingerprint density at radius 2 is 2.10 bits per heavy atom. The summed E-state index contributed by atoms with van der Waals surface area (Å²) in [7, 11) is 0. The molecule has 0 radical (unpaired) electrons. The molecule has 1 amide bonds. The van der Waals surface area contributed by atoms with E-state index in [4.69, 9.17) is 10.8 Å². The van der Waals surface area contributed by atoms with Crippen LogP contribution in [0.25, 0.3) is 6.08 Å². The zero-order valence-electron chi connectivity index (χ0n) is 11.3. The molecule has 0 atom stereocenters. The largest absolute Gasteiger partial charge is 0.478 e. The second kappa shape index (κ2) is 6.70. The summed E-state index contributed by atoms with van der Waals surface area (Å²) in [5.41, 5.74) is 5.83. The summed E-state index contributed by atoms with van der Waals surface area (Å²) in [5, 5.41) is 8.52. The number of carbonyl (C=O) groups is 2. The van der Waals surface area contributed by atoms with Crippen LogP contribution < -0.4 is 10.6 Å². The predicted molar refractivity (Wildman–Crippen MR) is 74.7 cm³/mol. The number of primary amides is 1. The van der Waals surface area contributed by atoms with Gasteiger partial charge in [-0.1, -0.05) is 6.07 Å². The fourth-order valence-electron chi connectivity index (χ4n) is 1.74. The van der Waals surface area contributed by atoms with Crippen LogP contribution in [0.5, 0.6) is 0 Å². The number of nitrogens with two attached hydrogens (primary N) is 1. The minimum atomic E-state index is -1.10. The van der Waals surface area contributed by atoms with Crippen LogP contribution in [0, 0.1) is 5.82 Å². The average Bonchev–Trinajstić information content (AvgIpc) is 2.33. The van der Waals surface area contributed by atoms with Crippen LogP contribution in [0.15, 0.2) is 24.3 Å². The Morgan fingerprint density at radius 3 is 2.55 bits per heavy atom. The Labute approximate surface area is 116 Å². The number of benzene rings is 1. The molecule has 0 aliphatic carbocycles. The topological polar surface area (TPSA) is 83.6 Å². The summed E-state index contributed by atoms with van der Waals surface area (Å²) in [4.78, 5) is 23.0. The zero-order valence-corrected chi connectivity index (χ0v) is 11.3. The Hall–Kier alpha value is -2.37. The number of carboxylic acids is 1. The lowest BCUT2D eigenvalue weighted by Crippen LogP contribution is -2.39. The van der Waals surface area contributed by atoms with Crippen LogP contribution in [-0.2, 0) is 9.59 Å². The minimum absolute atomic E-state index is 0.0844. The maximum atomic E-state index is 14.1. The average molecular weight is 280 g/mol. The van der Waals surface area contributed by atoms with Crippen molar-refractivity contribution < 1.29 is 19.1 Å². The van der Waals surface area contributed by atoms with Gasteiger partial charge >= 0.3 is 5.97 Å². The Bertz CT molecular complexity index is 541. The summed E-state index contributed by atoms with van der Waals surface area (Å²) in [5.74, 6) is -2.19. The normalized spacial score (nSPS) is 11.0. The van der Waals surface area contributed by atoms with Gasteiger partial charge in [0.05, 0.1) is 12.2 Å². The number of rotatable bonds is 6. The molecule has 0 aromatic heterocycles. The van der Waals surface area contributed by atoms with Crippen LogP contribution in [0.2, 0.25) is 0 Å². The van der Waals surface area contributed by atoms with E-state index in [0.717, 1.165) is 6.08 Å². The van der Waals surface area contributed by atoms with Crippen molar-refractivity contribution in [2.24, 2.45) is 5.73 Å². The van der Waals surface area contributed by atoms with Gasteiger partial charge in [-0.2, -0.15) is 0 Å². The first-order valence-electron chi connectivity index (χ1n) is 6.06. The molecule has 0 aliphatic heterocycles. The third-order valence-corrected chi connectivity index (χ3v) is 2.65. The maximum absolute atomic E-state index is 14.1. The van der Waals surface area contributed by atoms with Crippen molar-refractivity contribution in [2.75, 3.05) is 11.4 Å². The van der Waals surface area contributed by atoms with E-state index in [0.29, 0.717) is 5.56 Å². The highest BCUT2D eigenvalue weighted by Crippen LogP contribution is 2.23. The molecule has 6 heteroatoms. The van der Waals surface area contributed by atoms with Crippen LogP contribution >= 0.6 is 0 Å². The zero-order chi connectivity index (χ0) is 15.3. The number of hydrogen-bond acceptors (Lipinski definition) is 3. The lowest BCUT2D eigenvalue weighted by atomic mass is 10.1. The van der Waals surface area contributed by atoms with Crippen LogP contribution in [0.1, 0.15) is 19.4 Å². The lowest BCUT2D eigenvalue weighted by Gasteiger charge is -2.28. The highest BCUT2D eigenvalue weighted by molar-refractivity contribution is 5.85. The quantitative estimate of drug-likeness (QED) is 0.776. The summed E-state index contributed by atoms with van der Waals surface area (Å²) >= 11 is 0. The van der Waals surface area contributed by atoms with Crippen molar-refractivity contribution in [3.8, 4) is 0 Å². The molecule has 1 aromatic rings. The van der Waals surface area contributed by atoms with Gasteiger partial charge in [-0.25, -0.2) is 9.18 Å². The summed E-state index contributed by atoms with van der Waals surface area (Å²) < 4.78 is 14.1. The Balaban J connectivity index is 3.06. The number of nitrogens with zero attached hydrogens (tertiary/aromatic N) is 1. The van der Waals surface area contributed by atoms with Crippen LogP contribution in [-0.4, -0.2) is 29.6 Å². The standard InChI is InChI=1S/C14H17FN2O3/c1-9(2)17(8-13(16)18)12-5-3-10(7-11(12)15)4-6-14(19)20/h3-7,9H,8H2,1-2H3,(H2,16,18)(H,19,20). The van der Waals surface area contributed by atoms with Gasteiger partial charge in [-0.05, 0) is 37.6 Å². The number of halogens is 1. The number of hydrogen-bond donors (Lipinski definition) is 2. The number of anilines is 1. The van der Waals surface area contributed by atoms with Gasteiger partial charge < -0.3 is 15.7 Å². The van der Waals surface area contributed by atoms with Crippen molar-refractivity contribution in [3.63, 3.8) is 0 Å². The molecule has 3 N–H and O–H groups in total.